The molecular formula is C19H19ClO4. The number of carbonyl (C=O) groups is 1. The van der Waals surface area contributed by atoms with Crippen LogP contribution in [0.4, 0.5) is 0 Å². The second-order valence-electron chi connectivity index (χ2n) is 5.08. The molecule has 0 N–H and O–H groups in total. The minimum absolute atomic E-state index is 0.0702. The number of hydrogen-bond donors (Lipinski definition) is 0. The maximum absolute atomic E-state index is 12.2. The predicted molar refractivity (Wildman–Crippen MR) is 96.1 cm³/mol. The topological polar surface area (TPSA) is 44.8 Å². The lowest BCUT2D eigenvalue weighted by molar-refractivity contribution is -0.111. The van der Waals surface area contributed by atoms with E-state index < -0.39 is 0 Å². The van der Waals surface area contributed by atoms with Crippen LogP contribution < -0.4 is 14.2 Å². The molecule has 4 nitrogen and oxygen atoms in total. The number of Topliss-reactive ketones (excluding diaryl/α,β-unsaturated/α-hetero) is 1. The van der Waals surface area contributed by atoms with Crippen LogP contribution in [0, 0.1) is 0 Å². The molecule has 126 valence electrons. The van der Waals surface area contributed by atoms with E-state index >= 15 is 0 Å². The van der Waals surface area contributed by atoms with E-state index in [4.69, 9.17) is 25.8 Å². The highest BCUT2D eigenvalue weighted by atomic mass is 35.5. The van der Waals surface area contributed by atoms with Crippen molar-refractivity contribution in [2.75, 3.05) is 21.3 Å². The van der Waals surface area contributed by atoms with E-state index in [2.05, 4.69) is 0 Å². The van der Waals surface area contributed by atoms with Crippen LogP contribution in [0.15, 0.2) is 36.4 Å². The summed E-state index contributed by atoms with van der Waals surface area (Å²) in [7, 11) is 4.62. The van der Waals surface area contributed by atoms with E-state index in [1.807, 2.05) is 12.1 Å². The summed E-state index contributed by atoms with van der Waals surface area (Å²) < 4.78 is 16.0. The summed E-state index contributed by atoms with van der Waals surface area (Å²) in [5.74, 6) is 1.41. The fourth-order valence-electron chi connectivity index (χ4n) is 2.35. The Balaban J connectivity index is 2.59. The molecule has 0 radical (unpaired) electrons. The first-order valence-electron chi connectivity index (χ1n) is 7.28. The van der Waals surface area contributed by atoms with Crippen molar-refractivity contribution in [3.63, 3.8) is 0 Å². The van der Waals surface area contributed by atoms with Crippen molar-refractivity contribution in [1.82, 2.24) is 0 Å². The van der Waals surface area contributed by atoms with Crippen molar-refractivity contribution >= 4 is 29.0 Å². The molecule has 0 fully saturated rings. The van der Waals surface area contributed by atoms with Crippen molar-refractivity contribution in [2.45, 2.75) is 6.92 Å². The summed E-state index contributed by atoms with van der Waals surface area (Å²) in [6.07, 6.45) is 1.80. The summed E-state index contributed by atoms with van der Waals surface area (Å²) in [4.78, 5) is 12.2. The number of methoxy groups -OCH3 is 3. The highest BCUT2D eigenvalue weighted by molar-refractivity contribution is 6.30. The molecule has 0 aliphatic carbocycles. The Kier molecular flexibility index (Phi) is 5.88. The van der Waals surface area contributed by atoms with Crippen LogP contribution in [-0.4, -0.2) is 27.1 Å². The van der Waals surface area contributed by atoms with Gasteiger partial charge in [-0.05, 0) is 48.4 Å². The molecule has 0 unspecified atom stereocenters. The zero-order valence-electron chi connectivity index (χ0n) is 14.1. The molecule has 0 aromatic heterocycles. The molecule has 2 rings (SSSR count). The first kappa shape index (κ1) is 17.9. The maximum Gasteiger partial charge on any atom is 0.203 e. The Bertz CT molecular complexity index is 738. The van der Waals surface area contributed by atoms with Gasteiger partial charge in [-0.1, -0.05) is 23.7 Å². The SMILES string of the molecule is COc1cc(/C(=C\c2ccc(Cl)cc2)C(C)=O)cc(OC)c1OC. The lowest BCUT2D eigenvalue weighted by atomic mass is 9.98. The van der Waals surface area contributed by atoms with E-state index in [1.165, 1.54) is 28.3 Å². The van der Waals surface area contributed by atoms with Gasteiger partial charge in [-0.3, -0.25) is 4.79 Å². The number of ketones is 1. The standard InChI is InChI=1S/C19H19ClO4/c1-12(21)16(9-13-5-7-15(20)8-6-13)14-10-17(22-2)19(24-4)18(11-14)23-3/h5-11H,1-4H3/b16-9-. The third-order valence-corrected chi connectivity index (χ3v) is 3.79. The van der Waals surface area contributed by atoms with Crippen LogP contribution in [0.5, 0.6) is 17.2 Å². The predicted octanol–water partition coefficient (Wildman–Crippen LogP) is 4.50. The molecule has 2 aromatic carbocycles. The fourth-order valence-corrected chi connectivity index (χ4v) is 2.48. The Labute approximate surface area is 146 Å². The normalized spacial score (nSPS) is 11.1. The molecule has 0 saturated heterocycles. The lowest BCUT2D eigenvalue weighted by Gasteiger charge is -2.15. The summed E-state index contributed by atoms with van der Waals surface area (Å²) >= 11 is 5.91. The highest BCUT2D eigenvalue weighted by Gasteiger charge is 2.17. The first-order chi connectivity index (χ1) is 11.5. The summed E-state index contributed by atoms with van der Waals surface area (Å²) in [6, 6.07) is 10.8. The van der Waals surface area contributed by atoms with E-state index in [0.29, 0.717) is 33.4 Å². The zero-order valence-corrected chi connectivity index (χ0v) is 14.8. The molecule has 2 aromatic rings. The monoisotopic (exact) mass is 346 g/mol. The van der Waals surface area contributed by atoms with Gasteiger partial charge in [0.05, 0.1) is 21.3 Å². The van der Waals surface area contributed by atoms with E-state index in [-0.39, 0.29) is 5.78 Å². The molecule has 0 amide bonds. The van der Waals surface area contributed by atoms with Crippen molar-refractivity contribution in [3.05, 3.63) is 52.5 Å². The number of benzene rings is 2. The Morgan fingerprint density at radius 2 is 1.50 bits per heavy atom. The van der Waals surface area contributed by atoms with Gasteiger partial charge >= 0.3 is 0 Å². The number of allylic oxidation sites excluding steroid dienone is 1. The quantitative estimate of drug-likeness (QED) is 0.571. The molecule has 24 heavy (non-hydrogen) atoms. The molecule has 0 heterocycles. The summed E-state index contributed by atoms with van der Waals surface area (Å²) in [5.41, 5.74) is 2.10. The summed E-state index contributed by atoms with van der Waals surface area (Å²) in [5, 5.41) is 0.643. The smallest absolute Gasteiger partial charge is 0.203 e. The second-order valence-corrected chi connectivity index (χ2v) is 5.52. The van der Waals surface area contributed by atoms with Crippen molar-refractivity contribution < 1.29 is 19.0 Å². The van der Waals surface area contributed by atoms with Gasteiger partial charge < -0.3 is 14.2 Å². The maximum atomic E-state index is 12.2. The lowest BCUT2D eigenvalue weighted by Crippen LogP contribution is -2.00. The second kappa shape index (κ2) is 7.88. The van der Waals surface area contributed by atoms with Gasteiger partial charge in [-0.15, -0.1) is 0 Å². The van der Waals surface area contributed by atoms with Crippen LogP contribution >= 0.6 is 11.6 Å². The van der Waals surface area contributed by atoms with Gasteiger partial charge in [0, 0.05) is 10.6 Å². The number of halogens is 1. The largest absolute Gasteiger partial charge is 0.493 e. The third kappa shape index (κ3) is 3.89. The van der Waals surface area contributed by atoms with Gasteiger partial charge in [0.2, 0.25) is 5.75 Å². The number of rotatable bonds is 6. The number of ether oxygens (including phenoxy) is 3. The van der Waals surface area contributed by atoms with E-state index in [1.54, 1.807) is 30.3 Å². The van der Waals surface area contributed by atoms with E-state index in [9.17, 15) is 4.79 Å². The zero-order chi connectivity index (χ0) is 17.7. The summed E-state index contributed by atoms with van der Waals surface area (Å²) in [6.45, 7) is 1.52. The van der Waals surface area contributed by atoms with Gasteiger partial charge in [0.25, 0.3) is 0 Å². The highest BCUT2D eigenvalue weighted by Crippen LogP contribution is 2.40. The third-order valence-electron chi connectivity index (χ3n) is 3.54. The Hall–Kier alpha value is -2.46. The van der Waals surface area contributed by atoms with Crippen LogP contribution in [0.2, 0.25) is 5.02 Å². The first-order valence-corrected chi connectivity index (χ1v) is 7.66. The van der Waals surface area contributed by atoms with Crippen molar-refractivity contribution in [3.8, 4) is 17.2 Å². The fraction of sp³-hybridized carbons (Fsp3) is 0.211. The van der Waals surface area contributed by atoms with E-state index in [0.717, 1.165) is 5.56 Å². The molecule has 0 aliphatic rings. The van der Waals surface area contributed by atoms with Gasteiger partial charge in [-0.25, -0.2) is 0 Å². The minimum atomic E-state index is -0.0702. The Morgan fingerprint density at radius 3 is 1.92 bits per heavy atom. The molecular weight excluding hydrogens is 328 g/mol. The average molecular weight is 347 g/mol. The molecule has 5 heteroatoms. The van der Waals surface area contributed by atoms with Crippen LogP contribution in [0.3, 0.4) is 0 Å². The van der Waals surface area contributed by atoms with Gasteiger partial charge in [0.15, 0.2) is 17.3 Å². The molecule has 0 bridgehead atoms. The Morgan fingerprint density at radius 1 is 0.958 bits per heavy atom. The van der Waals surface area contributed by atoms with Crippen molar-refractivity contribution in [1.29, 1.82) is 0 Å². The van der Waals surface area contributed by atoms with Gasteiger partial charge in [0.1, 0.15) is 0 Å². The molecule has 0 aliphatic heterocycles. The van der Waals surface area contributed by atoms with Gasteiger partial charge in [-0.2, -0.15) is 0 Å². The van der Waals surface area contributed by atoms with Crippen molar-refractivity contribution in [2.24, 2.45) is 0 Å². The molecule has 0 atom stereocenters. The van der Waals surface area contributed by atoms with Crippen LogP contribution in [0.25, 0.3) is 11.6 Å². The van der Waals surface area contributed by atoms with Crippen LogP contribution in [-0.2, 0) is 4.79 Å². The molecule has 0 saturated carbocycles. The van der Waals surface area contributed by atoms with Crippen LogP contribution in [0.1, 0.15) is 18.1 Å². The number of carbonyl (C=O) groups excluding carboxylic acids is 1. The minimum Gasteiger partial charge on any atom is -0.493 e. The molecule has 0 spiro atoms. The number of hydrogen-bond acceptors (Lipinski definition) is 4. The average Bonchev–Trinajstić information content (AvgIpc) is 2.59.